The highest BCUT2D eigenvalue weighted by Crippen LogP contribution is 2.32. The number of rotatable bonds is 2. The Bertz CT molecular complexity index is 267. The van der Waals surface area contributed by atoms with E-state index in [2.05, 4.69) is 16.5 Å². The first-order valence-corrected chi connectivity index (χ1v) is 5.55. The van der Waals surface area contributed by atoms with E-state index in [0.717, 1.165) is 45.6 Å². The summed E-state index contributed by atoms with van der Waals surface area (Å²) in [5, 5.41) is 0. The highest BCUT2D eigenvalue weighted by molar-refractivity contribution is 5.81. The van der Waals surface area contributed by atoms with E-state index in [4.69, 9.17) is 10.5 Å². The molecule has 0 bridgehead atoms. The molecule has 1 spiro atoms. The Kier molecular flexibility index (Phi) is 2.95. The quantitative estimate of drug-likeness (QED) is 0.682. The topological polar surface area (TPSA) is 50.8 Å². The van der Waals surface area contributed by atoms with Crippen LogP contribution in [0.1, 0.15) is 19.3 Å². The van der Waals surface area contributed by atoms with E-state index >= 15 is 0 Å². The molecule has 1 atom stereocenters. The Hall–Kier alpha value is -1.03. The van der Waals surface area contributed by atoms with Gasteiger partial charge in [0, 0.05) is 19.8 Å². The van der Waals surface area contributed by atoms with E-state index in [1.54, 1.807) is 0 Å². The Morgan fingerprint density at radius 3 is 3.20 bits per heavy atom. The van der Waals surface area contributed by atoms with Crippen molar-refractivity contribution in [1.29, 1.82) is 0 Å². The van der Waals surface area contributed by atoms with Crippen LogP contribution in [0.25, 0.3) is 0 Å². The molecular weight excluding hydrogens is 190 g/mol. The summed E-state index contributed by atoms with van der Waals surface area (Å²) in [5.41, 5.74) is 6.01. The second-order valence-corrected chi connectivity index (χ2v) is 4.26. The maximum atomic E-state index is 5.91. The molecule has 2 N–H and O–H groups in total. The van der Waals surface area contributed by atoms with E-state index in [9.17, 15) is 0 Å². The van der Waals surface area contributed by atoms with Gasteiger partial charge in [0.25, 0.3) is 0 Å². The molecule has 15 heavy (non-hydrogen) atoms. The summed E-state index contributed by atoms with van der Waals surface area (Å²) >= 11 is 0. The maximum absolute atomic E-state index is 5.91. The van der Waals surface area contributed by atoms with Crippen LogP contribution in [0.15, 0.2) is 17.6 Å². The fourth-order valence-electron chi connectivity index (χ4n) is 2.48. The van der Waals surface area contributed by atoms with Crippen LogP contribution in [0, 0.1) is 0 Å². The molecule has 4 heteroatoms. The average Bonchev–Trinajstić information content (AvgIpc) is 2.45. The lowest BCUT2D eigenvalue weighted by Gasteiger charge is -2.37. The minimum Gasteiger partial charge on any atom is -0.381 e. The Labute approximate surface area is 90.8 Å². The van der Waals surface area contributed by atoms with Gasteiger partial charge >= 0.3 is 0 Å². The predicted octanol–water partition coefficient (Wildman–Crippen LogP) is 0.742. The van der Waals surface area contributed by atoms with Crippen molar-refractivity contribution in [3.8, 4) is 0 Å². The number of nitrogens with two attached hydrogens (primary N) is 1. The number of guanidine groups is 1. The molecule has 2 aliphatic heterocycles. The van der Waals surface area contributed by atoms with Gasteiger partial charge in [-0.05, 0) is 19.3 Å². The minimum absolute atomic E-state index is 0.106. The van der Waals surface area contributed by atoms with Crippen molar-refractivity contribution in [2.45, 2.75) is 24.8 Å². The van der Waals surface area contributed by atoms with Gasteiger partial charge in [0.2, 0.25) is 0 Å². The molecule has 1 unspecified atom stereocenters. The molecular formula is C11H19N3O. The highest BCUT2D eigenvalue weighted by Gasteiger charge is 2.41. The standard InChI is InChI=1S/C11H19N3O/c1-2-6-14-10(12)13-9-11(14)4-3-7-15-8-5-11/h2H,1,3-9H2,(H2,12,13). The van der Waals surface area contributed by atoms with Crippen LogP contribution in [0.5, 0.6) is 0 Å². The molecule has 2 aliphatic rings. The maximum Gasteiger partial charge on any atom is 0.192 e. The van der Waals surface area contributed by atoms with Gasteiger partial charge in [-0.25, -0.2) is 0 Å². The van der Waals surface area contributed by atoms with Crippen LogP contribution in [0.4, 0.5) is 0 Å². The van der Waals surface area contributed by atoms with E-state index in [-0.39, 0.29) is 5.54 Å². The zero-order valence-electron chi connectivity index (χ0n) is 9.11. The van der Waals surface area contributed by atoms with Gasteiger partial charge in [-0.3, -0.25) is 4.99 Å². The lowest BCUT2D eigenvalue weighted by molar-refractivity contribution is 0.125. The van der Waals surface area contributed by atoms with Crippen LogP contribution in [-0.2, 0) is 4.74 Å². The SMILES string of the molecule is C=CCN1C(N)=NCC12CCCOCC2. The molecule has 1 fully saturated rings. The summed E-state index contributed by atoms with van der Waals surface area (Å²) in [6.07, 6.45) is 5.12. The normalized spacial score (nSPS) is 31.5. The lowest BCUT2D eigenvalue weighted by atomic mass is 9.89. The summed E-state index contributed by atoms with van der Waals surface area (Å²) in [6, 6.07) is 0. The average molecular weight is 209 g/mol. The van der Waals surface area contributed by atoms with Gasteiger partial charge in [-0.2, -0.15) is 0 Å². The molecule has 0 aromatic rings. The summed E-state index contributed by atoms with van der Waals surface area (Å²) in [7, 11) is 0. The second-order valence-electron chi connectivity index (χ2n) is 4.26. The Morgan fingerprint density at radius 2 is 2.40 bits per heavy atom. The third kappa shape index (κ3) is 1.86. The van der Waals surface area contributed by atoms with Gasteiger partial charge < -0.3 is 15.4 Å². The zero-order valence-corrected chi connectivity index (χ0v) is 9.11. The molecule has 2 heterocycles. The van der Waals surface area contributed by atoms with Crippen LogP contribution >= 0.6 is 0 Å². The molecule has 1 saturated heterocycles. The number of ether oxygens (including phenoxy) is 1. The van der Waals surface area contributed by atoms with Crippen molar-refractivity contribution >= 4 is 5.96 Å². The van der Waals surface area contributed by atoms with Crippen LogP contribution in [-0.4, -0.2) is 42.7 Å². The summed E-state index contributed by atoms with van der Waals surface area (Å²) in [6.45, 7) is 7.06. The number of hydrogen-bond donors (Lipinski definition) is 1. The molecule has 4 nitrogen and oxygen atoms in total. The molecule has 0 saturated carbocycles. The Morgan fingerprint density at radius 1 is 1.53 bits per heavy atom. The van der Waals surface area contributed by atoms with E-state index in [1.165, 1.54) is 0 Å². The Balaban J connectivity index is 2.15. The molecule has 0 aromatic carbocycles. The summed E-state index contributed by atoms with van der Waals surface area (Å²) in [5.74, 6) is 0.664. The summed E-state index contributed by atoms with van der Waals surface area (Å²) in [4.78, 5) is 6.56. The van der Waals surface area contributed by atoms with Crippen molar-refractivity contribution in [1.82, 2.24) is 4.90 Å². The third-order valence-corrected chi connectivity index (χ3v) is 3.34. The first-order valence-electron chi connectivity index (χ1n) is 5.55. The van der Waals surface area contributed by atoms with Gasteiger partial charge in [-0.1, -0.05) is 6.08 Å². The van der Waals surface area contributed by atoms with Crippen LogP contribution < -0.4 is 5.73 Å². The van der Waals surface area contributed by atoms with Crippen molar-refractivity contribution in [2.75, 3.05) is 26.3 Å². The highest BCUT2D eigenvalue weighted by atomic mass is 16.5. The summed E-state index contributed by atoms with van der Waals surface area (Å²) < 4.78 is 5.50. The smallest absolute Gasteiger partial charge is 0.192 e. The van der Waals surface area contributed by atoms with Gasteiger partial charge in [-0.15, -0.1) is 6.58 Å². The van der Waals surface area contributed by atoms with E-state index in [1.807, 2.05) is 6.08 Å². The predicted molar refractivity (Wildman–Crippen MR) is 60.8 cm³/mol. The lowest BCUT2D eigenvalue weighted by Crippen LogP contribution is -2.51. The fourth-order valence-corrected chi connectivity index (χ4v) is 2.48. The number of hydrogen-bond acceptors (Lipinski definition) is 4. The van der Waals surface area contributed by atoms with Gasteiger partial charge in [0.1, 0.15) is 0 Å². The minimum atomic E-state index is 0.106. The van der Waals surface area contributed by atoms with Crippen molar-refractivity contribution in [3.05, 3.63) is 12.7 Å². The molecule has 0 aliphatic carbocycles. The van der Waals surface area contributed by atoms with Crippen molar-refractivity contribution in [3.63, 3.8) is 0 Å². The van der Waals surface area contributed by atoms with Crippen LogP contribution in [0.3, 0.4) is 0 Å². The number of nitrogens with zero attached hydrogens (tertiary/aromatic N) is 2. The molecule has 2 rings (SSSR count). The second kappa shape index (κ2) is 4.23. The van der Waals surface area contributed by atoms with Gasteiger partial charge in [0.05, 0.1) is 12.1 Å². The largest absolute Gasteiger partial charge is 0.381 e. The first kappa shape index (κ1) is 10.5. The van der Waals surface area contributed by atoms with Crippen molar-refractivity contribution in [2.24, 2.45) is 10.7 Å². The molecule has 0 aromatic heterocycles. The molecule has 0 amide bonds. The van der Waals surface area contributed by atoms with Gasteiger partial charge in [0.15, 0.2) is 5.96 Å². The monoisotopic (exact) mass is 209 g/mol. The van der Waals surface area contributed by atoms with E-state index < -0.39 is 0 Å². The van der Waals surface area contributed by atoms with E-state index in [0.29, 0.717) is 5.96 Å². The van der Waals surface area contributed by atoms with Crippen molar-refractivity contribution < 1.29 is 4.74 Å². The third-order valence-electron chi connectivity index (χ3n) is 3.34. The van der Waals surface area contributed by atoms with Crippen LogP contribution in [0.2, 0.25) is 0 Å². The fraction of sp³-hybridized carbons (Fsp3) is 0.727. The molecule has 84 valence electrons. The first-order chi connectivity index (χ1) is 7.28. The number of aliphatic imine (C=N–C) groups is 1. The molecule has 0 radical (unpaired) electrons. The zero-order chi connectivity index (χ0) is 10.7.